The van der Waals surface area contributed by atoms with Crippen LogP contribution in [0.25, 0.3) is 10.2 Å². The fourth-order valence-corrected chi connectivity index (χ4v) is 3.13. The van der Waals surface area contributed by atoms with Crippen LogP contribution in [-0.2, 0) is 0 Å². The molecule has 0 unspecified atom stereocenters. The van der Waals surface area contributed by atoms with Crippen molar-refractivity contribution in [3.63, 3.8) is 0 Å². The fourth-order valence-electron chi connectivity index (χ4n) is 1.95. The van der Waals surface area contributed by atoms with Gasteiger partial charge >= 0.3 is 0 Å². The molecule has 20 heavy (non-hydrogen) atoms. The van der Waals surface area contributed by atoms with Crippen LogP contribution in [0, 0.1) is 0 Å². The number of aromatic nitrogens is 1. The Morgan fingerprint density at radius 1 is 1.15 bits per heavy atom. The maximum absolute atomic E-state index is 6.18. The minimum absolute atomic E-state index is 0.745. The number of nitrogens with zero attached hydrogens (tertiary/aromatic N) is 2. The zero-order valence-corrected chi connectivity index (χ0v) is 12.8. The Balaban J connectivity index is 1.93. The predicted octanol–water partition coefficient (Wildman–Crippen LogP) is 4.76. The normalized spacial score (nSPS) is 10.8. The lowest BCUT2D eigenvalue weighted by molar-refractivity contribution is 1.13. The molecule has 3 nitrogen and oxygen atoms in total. The smallest absolute Gasteiger partial charge is 0.188 e. The highest BCUT2D eigenvalue weighted by Gasteiger charge is 2.07. The van der Waals surface area contributed by atoms with Gasteiger partial charge in [-0.2, -0.15) is 0 Å². The van der Waals surface area contributed by atoms with Gasteiger partial charge in [-0.15, -0.1) is 0 Å². The molecule has 0 aliphatic heterocycles. The van der Waals surface area contributed by atoms with Crippen molar-refractivity contribution in [3.05, 3.63) is 47.5 Å². The lowest BCUT2D eigenvalue weighted by Crippen LogP contribution is -2.08. The van der Waals surface area contributed by atoms with Gasteiger partial charge in [0.25, 0.3) is 0 Å². The molecule has 1 N–H and O–H groups in total. The first kappa shape index (κ1) is 13.2. The molecule has 0 aliphatic carbocycles. The van der Waals surface area contributed by atoms with Gasteiger partial charge in [-0.05, 0) is 30.3 Å². The molecule has 5 heteroatoms. The molecule has 0 fully saturated rings. The number of thiazole rings is 1. The number of fused-ring (bicyclic) bond motifs is 1. The van der Waals surface area contributed by atoms with Crippen molar-refractivity contribution in [2.45, 2.75) is 0 Å². The van der Waals surface area contributed by atoms with E-state index in [1.807, 2.05) is 44.4 Å². The zero-order valence-electron chi connectivity index (χ0n) is 11.2. The van der Waals surface area contributed by atoms with Crippen LogP contribution in [0.15, 0.2) is 42.5 Å². The molecule has 3 aromatic rings. The lowest BCUT2D eigenvalue weighted by Gasteiger charge is -2.13. The number of nitrogens with one attached hydrogen (secondary N) is 1. The summed E-state index contributed by atoms with van der Waals surface area (Å²) in [4.78, 5) is 6.62. The summed E-state index contributed by atoms with van der Waals surface area (Å²) >= 11 is 7.74. The van der Waals surface area contributed by atoms with Crippen LogP contribution in [0.5, 0.6) is 0 Å². The Labute approximate surface area is 126 Å². The molecule has 0 saturated carbocycles. The van der Waals surface area contributed by atoms with Crippen molar-refractivity contribution >= 4 is 49.7 Å². The highest BCUT2D eigenvalue weighted by molar-refractivity contribution is 7.22. The molecule has 2 aromatic carbocycles. The number of hydrogen-bond donors (Lipinski definition) is 1. The van der Waals surface area contributed by atoms with Crippen molar-refractivity contribution in [2.75, 3.05) is 24.3 Å². The lowest BCUT2D eigenvalue weighted by atomic mass is 10.2. The Hall–Kier alpha value is -1.78. The summed E-state index contributed by atoms with van der Waals surface area (Å²) in [6.45, 7) is 0. The van der Waals surface area contributed by atoms with Gasteiger partial charge in [0.15, 0.2) is 5.13 Å². The molecule has 0 aliphatic rings. The maximum Gasteiger partial charge on any atom is 0.188 e. The SMILES string of the molecule is CN(C)c1cccc(Nc2nc3cccc(Cl)c3s2)c1. The third-order valence-electron chi connectivity index (χ3n) is 2.98. The first-order valence-electron chi connectivity index (χ1n) is 6.23. The van der Waals surface area contributed by atoms with E-state index in [1.54, 1.807) is 11.3 Å². The van der Waals surface area contributed by atoms with Crippen LogP contribution in [0.2, 0.25) is 5.02 Å². The van der Waals surface area contributed by atoms with E-state index in [2.05, 4.69) is 27.3 Å². The van der Waals surface area contributed by atoms with Crippen molar-refractivity contribution in [2.24, 2.45) is 0 Å². The van der Waals surface area contributed by atoms with E-state index in [1.165, 1.54) is 0 Å². The summed E-state index contributed by atoms with van der Waals surface area (Å²) in [5, 5.41) is 4.93. The second-order valence-electron chi connectivity index (χ2n) is 4.68. The molecule has 102 valence electrons. The molecular formula is C15H14ClN3S. The Morgan fingerprint density at radius 3 is 2.70 bits per heavy atom. The maximum atomic E-state index is 6.18. The average molecular weight is 304 g/mol. The van der Waals surface area contributed by atoms with E-state index in [9.17, 15) is 0 Å². The minimum Gasteiger partial charge on any atom is -0.378 e. The first-order valence-corrected chi connectivity index (χ1v) is 7.42. The summed E-state index contributed by atoms with van der Waals surface area (Å²) in [6, 6.07) is 14.0. The molecular weight excluding hydrogens is 290 g/mol. The van der Waals surface area contributed by atoms with Crippen LogP contribution < -0.4 is 10.2 Å². The van der Waals surface area contributed by atoms with E-state index in [0.717, 1.165) is 31.7 Å². The van der Waals surface area contributed by atoms with Gasteiger partial charge in [0.2, 0.25) is 0 Å². The summed E-state index contributed by atoms with van der Waals surface area (Å²) < 4.78 is 1.01. The van der Waals surface area contributed by atoms with Gasteiger partial charge < -0.3 is 10.2 Å². The van der Waals surface area contributed by atoms with E-state index >= 15 is 0 Å². The molecule has 0 spiro atoms. The summed E-state index contributed by atoms with van der Waals surface area (Å²) in [7, 11) is 4.05. The highest BCUT2D eigenvalue weighted by Crippen LogP contribution is 2.33. The van der Waals surface area contributed by atoms with Crippen LogP contribution >= 0.6 is 22.9 Å². The number of hydrogen-bond acceptors (Lipinski definition) is 4. The standard InChI is InChI=1S/C15H14ClN3S/c1-19(2)11-6-3-5-10(9-11)17-15-18-13-8-4-7-12(16)14(13)20-15/h3-9H,1-2H3,(H,17,18). The monoisotopic (exact) mass is 303 g/mol. The van der Waals surface area contributed by atoms with Gasteiger partial charge in [-0.3, -0.25) is 0 Å². The quantitative estimate of drug-likeness (QED) is 0.756. The Bertz CT molecular complexity index is 752. The zero-order chi connectivity index (χ0) is 14.1. The molecule has 0 atom stereocenters. The second-order valence-corrected chi connectivity index (χ2v) is 6.08. The molecule has 0 bridgehead atoms. The van der Waals surface area contributed by atoms with Gasteiger partial charge in [0.1, 0.15) is 0 Å². The number of halogens is 1. The topological polar surface area (TPSA) is 28.2 Å². The first-order chi connectivity index (χ1) is 9.63. The van der Waals surface area contributed by atoms with Crippen molar-refractivity contribution in [3.8, 4) is 0 Å². The fraction of sp³-hybridized carbons (Fsp3) is 0.133. The van der Waals surface area contributed by atoms with Gasteiger partial charge in [-0.25, -0.2) is 4.98 Å². The van der Waals surface area contributed by atoms with Crippen LogP contribution in [-0.4, -0.2) is 19.1 Å². The largest absolute Gasteiger partial charge is 0.378 e. The van der Waals surface area contributed by atoms with Crippen molar-refractivity contribution in [1.82, 2.24) is 4.98 Å². The third kappa shape index (κ3) is 2.57. The molecule has 0 amide bonds. The van der Waals surface area contributed by atoms with Crippen molar-refractivity contribution in [1.29, 1.82) is 0 Å². The molecule has 0 saturated heterocycles. The number of rotatable bonds is 3. The van der Waals surface area contributed by atoms with E-state index in [0.29, 0.717) is 0 Å². The summed E-state index contributed by atoms with van der Waals surface area (Å²) in [5.74, 6) is 0. The van der Waals surface area contributed by atoms with E-state index in [-0.39, 0.29) is 0 Å². The highest BCUT2D eigenvalue weighted by atomic mass is 35.5. The minimum atomic E-state index is 0.745. The van der Waals surface area contributed by atoms with Crippen LogP contribution in [0.4, 0.5) is 16.5 Å². The summed E-state index contributed by atoms with van der Waals surface area (Å²) in [5.41, 5.74) is 3.09. The second kappa shape index (κ2) is 5.31. The van der Waals surface area contributed by atoms with E-state index < -0.39 is 0 Å². The molecule has 1 aromatic heterocycles. The van der Waals surface area contributed by atoms with E-state index in [4.69, 9.17) is 11.6 Å². The summed E-state index contributed by atoms with van der Waals surface area (Å²) in [6.07, 6.45) is 0. The molecule has 3 rings (SSSR count). The van der Waals surface area contributed by atoms with Gasteiger partial charge in [0, 0.05) is 25.5 Å². The van der Waals surface area contributed by atoms with Gasteiger partial charge in [0.05, 0.1) is 15.2 Å². The van der Waals surface area contributed by atoms with Crippen molar-refractivity contribution < 1.29 is 0 Å². The predicted molar refractivity (Wildman–Crippen MR) is 88.7 cm³/mol. The average Bonchev–Trinajstić information content (AvgIpc) is 2.83. The Kier molecular flexibility index (Phi) is 3.51. The molecule has 1 heterocycles. The third-order valence-corrected chi connectivity index (χ3v) is 4.43. The van der Waals surface area contributed by atoms with Gasteiger partial charge in [-0.1, -0.05) is 35.1 Å². The number of anilines is 3. The van der Waals surface area contributed by atoms with Crippen LogP contribution in [0.1, 0.15) is 0 Å². The molecule has 0 radical (unpaired) electrons. The number of benzene rings is 2. The Morgan fingerprint density at radius 2 is 1.95 bits per heavy atom. The van der Waals surface area contributed by atoms with Crippen LogP contribution in [0.3, 0.4) is 0 Å².